The summed E-state index contributed by atoms with van der Waals surface area (Å²) in [5, 5.41) is 18.8. The topological polar surface area (TPSA) is 119 Å². The molecule has 0 radical (unpaired) electrons. The maximum atomic E-state index is 11.1. The average Bonchev–Trinajstić information content (AvgIpc) is 2.77. The number of azide groups is 1. The zero-order valence-electron chi connectivity index (χ0n) is 11.5. The number of ether oxygens (including phenoxy) is 1. The number of hydrogen-bond donors (Lipinski definition) is 0. The van der Waals surface area contributed by atoms with E-state index in [1.54, 1.807) is 7.05 Å². The van der Waals surface area contributed by atoms with Gasteiger partial charge < -0.3 is 4.74 Å². The van der Waals surface area contributed by atoms with Crippen LogP contribution >= 0.6 is 0 Å². The smallest absolute Gasteiger partial charge is 0.312 e. The number of aromatic nitrogens is 2. The first-order valence-electron chi connectivity index (χ1n) is 6.29. The van der Waals surface area contributed by atoms with Gasteiger partial charge in [-0.25, -0.2) is 0 Å². The lowest BCUT2D eigenvalue weighted by Crippen LogP contribution is -2.38. The summed E-state index contributed by atoms with van der Waals surface area (Å²) in [6.07, 6.45) is 0.709. The molecule has 0 N–H and O–H groups in total. The van der Waals surface area contributed by atoms with Crippen LogP contribution in [0.15, 0.2) is 11.3 Å². The first-order valence-corrected chi connectivity index (χ1v) is 6.29. The van der Waals surface area contributed by atoms with E-state index in [0.29, 0.717) is 12.3 Å². The predicted octanol–water partition coefficient (Wildman–Crippen LogP) is 2.35. The molecule has 1 aliphatic rings. The molecule has 1 aromatic heterocycles. The standard InChI is InChI=1S/C11H16N6O3/c1-6-5-20-11(7(2)9(6)14-15-12)10-8(17(18)19)4-13-16(10)3/h4,6-7,9,11H,5H2,1-3H3. The fraction of sp³-hybridized carbons (Fsp3) is 0.727. The highest BCUT2D eigenvalue weighted by Crippen LogP contribution is 2.40. The Kier molecular flexibility index (Phi) is 3.91. The summed E-state index contributed by atoms with van der Waals surface area (Å²) in [7, 11) is 1.64. The molecule has 0 aliphatic carbocycles. The van der Waals surface area contributed by atoms with E-state index in [2.05, 4.69) is 15.1 Å². The van der Waals surface area contributed by atoms with Gasteiger partial charge >= 0.3 is 5.69 Å². The molecule has 0 saturated carbocycles. The molecule has 0 aromatic carbocycles. The van der Waals surface area contributed by atoms with Crippen molar-refractivity contribution in [2.24, 2.45) is 24.0 Å². The Bertz CT molecular complexity index is 565. The second kappa shape index (κ2) is 5.48. The summed E-state index contributed by atoms with van der Waals surface area (Å²) in [5.74, 6) is -0.0896. The Hall–Kier alpha value is -2.12. The minimum atomic E-state index is -0.505. The number of hydrogen-bond acceptors (Lipinski definition) is 5. The molecule has 1 aliphatic heterocycles. The van der Waals surface area contributed by atoms with E-state index in [9.17, 15) is 10.1 Å². The summed E-state index contributed by atoms with van der Waals surface area (Å²) in [5.41, 5.74) is 9.00. The van der Waals surface area contributed by atoms with Crippen LogP contribution in [0.5, 0.6) is 0 Å². The number of nitro groups is 1. The summed E-state index contributed by atoms with van der Waals surface area (Å²) in [6, 6.07) is -0.256. The zero-order valence-corrected chi connectivity index (χ0v) is 11.5. The van der Waals surface area contributed by atoms with Gasteiger partial charge in [0.25, 0.3) is 0 Å². The molecule has 1 fully saturated rings. The van der Waals surface area contributed by atoms with E-state index in [1.807, 2.05) is 13.8 Å². The van der Waals surface area contributed by atoms with Gasteiger partial charge in [-0.1, -0.05) is 19.0 Å². The molecule has 0 amide bonds. The van der Waals surface area contributed by atoms with E-state index in [4.69, 9.17) is 10.3 Å². The van der Waals surface area contributed by atoms with Gasteiger partial charge in [-0.05, 0) is 17.4 Å². The Morgan fingerprint density at radius 1 is 1.65 bits per heavy atom. The zero-order chi connectivity index (χ0) is 14.9. The predicted molar refractivity (Wildman–Crippen MR) is 69.8 cm³/mol. The number of nitrogens with zero attached hydrogens (tertiary/aromatic N) is 6. The molecule has 9 nitrogen and oxygen atoms in total. The molecular formula is C11H16N6O3. The SMILES string of the molecule is CC1COC(c2c([N+](=O)[O-])cnn2C)C(C)C1N=[N+]=[N-]. The largest absolute Gasteiger partial charge is 0.371 e. The van der Waals surface area contributed by atoms with E-state index in [1.165, 1.54) is 10.9 Å². The third-order valence-corrected chi connectivity index (χ3v) is 3.75. The summed E-state index contributed by atoms with van der Waals surface area (Å²) in [4.78, 5) is 13.5. The van der Waals surface area contributed by atoms with Crippen molar-refractivity contribution in [2.45, 2.75) is 26.0 Å². The van der Waals surface area contributed by atoms with Crippen molar-refractivity contribution in [3.63, 3.8) is 0 Å². The van der Waals surface area contributed by atoms with Crippen molar-refractivity contribution in [1.29, 1.82) is 0 Å². The van der Waals surface area contributed by atoms with Crippen LogP contribution in [0.3, 0.4) is 0 Å². The van der Waals surface area contributed by atoms with Gasteiger partial charge in [-0.15, -0.1) is 0 Å². The molecular weight excluding hydrogens is 264 g/mol. The van der Waals surface area contributed by atoms with Crippen molar-refractivity contribution in [3.05, 3.63) is 32.4 Å². The minimum Gasteiger partial charge on any atom is -0.371 e. The van der Waals surface area contributed by atoms with Crippen LogP contribution in [0, 0.1) is 22.0 Å². The van der Waals surface area contributed by atoms with Crippen LogP contribution < -0.4 is 0 Å². The lowest BCUT2D eigenvalue weighted by Gasteiger charge is -2.37. The first-order chi connectivity index (χ1) is 9.47. The summed E-state index contributed by atoms with van der Waals surface area (Å²) >= 11 is 0. The monoisotopic (exact) mass is 280 g/mol. The van der Waals surface area contributed by atoms with Crippen molar-refractivity contribution in [3.8, 4) is 0 Å². The highest BCUT2D eigenvalue weighted by atomic mass is 16.6. The van der Waals surface area contributed by atoms with Crippen LogP contribution in [-0.4, -0.2) is 27.4 Å². The third-order valence-electron chi connectivity index (χ3n) is 3.75. The van der Waals surface area contributed by atoms with Gasteiger partial charge in [0.05, 0.1) is 11.5 Å². The molecule has 20 heavy (non-hydrogen) atoms. The Balaban J connectivity index is 2.40. The lowest BCUT2D eigenvalue weighted by atomic mass is 9.83. The lowest BCUT2D eigenvalue weighted by molar-refractivity contribution is -0.386. The third kappa shape index (κ3) is 2.33. The Morgan fingerprint density at radius 3 is 2.95 bits per heavy atom. The van der Waals surface area contributed by atoms with Crippen LogP contribution in [-0.2, 0) is 11.8 Å². The molecule has 0 bridgehead atoms. The van der Waals surface area contributed by atoms with Crippen molar-refractivity contribution >= 4 is 5.69 Å². The molecule has 1 aromatic rings. The summed E-state index contributed by atoms with van der Waals surface area (Å²) in [6.45, 7) is 4.20. The van der Waals surface area contributed by atoms with Gasteiger partial charge in [-0.2, -0.15) is 5.10 Å². The van der Waals surface area contributed by atoms with Crippen molar-refractivity contribution in [1.82, 2.24) is 9.78 Å². The normalized spacial score (nSPS) is 29.8. The molecule has 0 spiro atoms. The van der Waals surface area contributed by atoms with E-state index < -0.39 is 11.0 Å². The Labute approximate surface area is 115 Å². The van der Waals surface area contributed by atoms with Gasteiger partial charge in [0.2, 0.25) is 0 Å². The molecule has 9 heteroatoms. The van der Waals surface area contributed by atoms with E-state index in [0.717, 1.165) is 0 Å². The van der Waals surface area contributed by atoms with Crippen LogP contribution in [0.2, 0.25) is 0 Å². The van der Waals surface area contributed by atoms with Crippen molar-refractivity contribution in [2.75, 3.05) is 6.61 Å². The highest BCUT2D eigenvalue weighted by molar-refractivity contribution is 5.35. The maximum Gasteiger partial charge on any atom is 0.312 e. The van der Waals surface area contributed by atoms with Crippen molar-refractivity contribution < 1.29 is 9.66 Å². The molecule has 1 saturated heterocycles. The number of aryl methyl sites for hydroxylation is 1. The molecule has 2 rings (SSSR count). The molecule has 2 heterocycles. The van der Waals surface area contributed by atoms with Gasteiger partial charge in [0, 0.05) is 18.0 Å². The second-order valence-corrected chi connectivity index (χ2v) is 5.08. The fourth-order valence-corrected chi connectivity index (χ4v) is 2.72. The first kappa shape index (κ1) is 14.3. The highest BCUT2D eigenvalue weighted by Gasteiger charge is 2.40. The number of rotatable bonds is 3. The quantitative estimate of drug-likeness (QED) is 0.277. The van der Waals surface area contributed by atoms with Crippen LogP contribution in [0.4, 0.5) is 5.69 Å². The summed E-state index contributed by atoms with van der Waals surface area (Å²) < 4.78 is 7.19. The van der Waals surface area contributed by atoms with Crippen LogP contribution in [0.1, 0.15) is 25.6 Å². The Morgan fingerprint density at radius 2 is 2.35 bits per heavy atom. The van der Waals surface area contributed by atoms with Gasteiger partial charge in [-0.3, -0.25) is 14.8 Å². The second-order valence-electron chi connectivity index (χ2n) is 5.08. The average molecular weight is 280 g/mol. The van der Waals surface area contributed by atoms with Crippen LogP contribution in [0.25, 0.3) is 10.4 Å². The molecule has 4 unspecified atom stereocenters. The van der Waals surface area contributed by atoms with E-state index >= 15 is 0 Å². The molecule has 4 atom stereocenters. The van der Waals surface area contributed by atoms with E-state index in [-0.39, 0.29) is 23.6 Å². The maximum absolute atomic E-state index is 11.1. The minimum absolute atomic E-state index is 0.0707. The molecule has 108 valence electrons. The van der Waals surface area contributed by atoms with Gasteiger partial charge in [0.1, 0.15) is 18.0 Å². The fourth-order valence-electron chi connectivity index (χ4n) is 2.72. The van der Waals surface area contributed by atoms with Gasteiger partial charge in [0.15, 0.2) is 0 Å².